The number of ether oxygens (including phenoxy) is 1. The quantitative estimate of drug-likeness (QED) is 0.886. The van der Waals surface area contributed by atoms with E-state index in [9.17, 15) is 23.1 Å². The molecule has 0 spiro atoms. The molecule has 0 bridgehead atoms. The molecule has 1 fully saturated rings. The molecule has 1 saturated heterocycles. The number of carbonyl (C=O) groups excluding carboxylic acids is 1. The highest BCUT2D eigenvalue weighted by Gasteiger charge is 2.32. The van der Waals surface area contributed by atoms with Crippen LogP contribution in [0.4, 0.5) is 13.2 Å². The Hall–Kier alpha value is -1.60. The van der Waals surface area contributed by atoms with E-state index in [0.717, 1.165) is 12.1 Å². The van der Waals surface area contributed by atoms with Crippen molar-refractivity contribution in [2.75, 3.05) is 19.8 Å². The van der Waals surface area contributed by atoms with Gasteiger partial charge in [0.05, 0.1) is 18.6 Å². The average Bonchev–Trinajstić information content (AvgIpc) is 2.84. The van der Waals surface area contributed by atoms with E-state index in [1.165, 1.54) is 12.1 Å². The van der Waals surface area contributed by atoms with Crippen LogP contribution < -0.4 is 5.32 Å². The predicted octanol–water partition coefficient (Wildman–Crippen LogP) is 1.52. The lowest BCUT2D eigenvalue weighted by Gasteiger charge is -2.20. The molecular weight excluding hydrogens is 287 g/mol. The molecule has 7 heteroatoms. The normalized spacial score (nSPS) is 22.3. The van der Waals surface area contributed by atoms with Gasteiger partial charge in [-0.1, -0.05) is 12.1 Å². The highest BCUT2D eigenvalue weighted by atomic mass is 19.4. The molecule has 1 aromatic rings. The monoisotopic (exact) mass is 303 g/mol. The van der Waals surface area contributed by atoms with Crippen molar-refractivity contribution in [3.8, 4) is 0 Å². The van der Waals surface area contributed by atoms with Gasteiger partial charge in [0, 0.05) is 19.6 Å². The summed E-state index contributed by atoms with van der Waals surface area (Å²) >= 11 is 0. The molecule has 1 aliphatic rings. The van der Waals surface area contributed by atoms with Gasteiger partial charge in [0.1, 0.15) is 5.60 Å². The van der Waals surface area contributed by atoms with Crippen LogP contribution >= 0.6 is 0 Å². The molecule has 1 atom stereocenters. The second-order valence-corrected chi connectivity index (χ2v) is 5.18. The van der Waals surface area contributed by atoms with E-state index in [4.69, 9.17) is 4.74 Å². The SMILES string of the molecule is O=C(Cc1ccc(C(F)(F)F)cc1)NCC1(O)CCOC1. The van der Waals surface area contributed by atoms with Gasteiger partial charge in [0.25, 0.3) is 0 Å². The van der Waals surface area contributed by atoms with Crippen molar-refractivity contribution in [2.24, 2.45) is 0 Å². The zero-order valence-corrected chi connectivity index (χ0v) is 11.2. The number of carbonyl (C=O) groups is 1. The summed E-state index contributed by atoms with van der Waals surface area (Å²) in [6.45, 7) is 0.700. The first kappa shape index (κ1) is 15.8. The maximum atomic E-state index is 12.4. The van der Waals surface area contributed by atoms with Gasteiger partial charge in [-0.15, -0.1) is 0 Å². The summed E-state index contributed by atoms with van der Waals surface area (Å²) in [7, 11) is 0. The van der Waals surface area contributed by atoms with E-state index >= 15 is 0 Å². The lowest BCUT2D eigenvalue weighted by molar-refractivity contribution is -0.137. The van der Waals surface area contributed by atoms with Gasteiger partial charge >= 0.3 is 6.18 Å². The summed E-state index contributed by atoms with van der Waals surface area (Å²) < 4.78 is 42.2. The number of rotatable bonds is 4. The highest BCUT2D eigenvalue weighted by molar-refractivity contribution is 5.78. The first-order chi connectivity index (χ1) is 9.78. The number of nitrogens with one attached hydrogen (secondary N) is 1. The molecule has 1 heterocycles. The first-order valence-electron chi connectivity index (χ1n) is 6.51. The lowest BCUT2D eigenvalue weighted by Crippen LogP contribution is -2.43. The zero-order chi connectivity index (χ0) is 15.5. The Labute approximate surface area is 119 Å². The summed E-state index contributed by atoms with van der Waals surface area (Å²) in [6, 6.07) is 4.44. The van der Waals surface area contributed by atoms with Crippen molar-refractivity contribution < 1.29 is 27.8 Å². The molecule has 116 valence electrons. The van der Waals surface area contributed by atoms with Crippen LogP contribution in [0.2, 0.25) is 0 Å². The third-order valence-corrected chi connectivity index (χ3v) is 3.34. The summed E-state index contributed by atoms with van der Waals surface area (Å²) in [5, 5.41) is 12.5. The minimum absolute atomic E-state index is 0.0327. The minimum atomic E-state index is -4.38. The van der Waals surface area contributed by atoms with Crippen molar-refractivity contribution in [3.05, 3.63) is 35.4 Å². The third-order valence-electron chi connectivity index (χ3n) is 3.34. The molecule has 0 saturated carbocycles. The number of hydrogen-bond donors (Lipinski definition) is 2. The Kier molecular flexibility index (Phi) is 4.53. The van der Waals surface area contributed by atoms with Gasteiger partial charge in [0.15, 0.2) is 0 Å². The molecule has 2 rings (SSSR count). The zero-order valence-electron chi connectivity index (χ0n) is 11.2. The molecule has 1 amide bonds. The van der Waals surface area contributed by atoms with Crippen LogP contribution in [0.15, 0.2) is 24.3 Å². The Bertz CT molecular complexity index is 493. The molecule has 0 aromatic heterocycles. The maximum Gasteiger partial charge on any atom is 0.416 e. The number of hydrogen-bond acceptors (Lipinski definition) is 3. The van der Waals surface area contributed by atoms with E-state index in [2.05, 4.69) is 5.32 Å². The van der Waals surface area contributed by atoms with Crippen LogP contribution in [-0.2, 0) is 22.1 Å². The number of aliphatic hydroxyl groups is 1. The fourth-order valence-electron chi connectivity index (χ4n) is 2.06. The molecule has 21 heavy (non-hydrogen) atoms. The molecule has 4 nitrogen and oxygen atoms in total. The fourth-order valence-corrected chi connectivity index (χ4v) is 2.06. The van der Waals surface area contributed by atoms with Crippen LogP contribution in [-0.4, -0.2) is 36.4 Å². The van der Waals surface area contributed by atoms with Crippen molar-refractivity contribution in [3.63, 3.8) is 0 Å². The predicted molar refractivity (Wildman–Crippen MR) is 68.5 cm³/mol. The largest absolute Gasteiger partial charge is 0.416 e. The second kappa shape index (κ2) is 6.03. The van der Waals surface area contributed by atoms with Crippen molar-refractivity contribution in [1.82, 2.24) is 5.32 Å². The summed E-state index contributed by atoms with van der Waals surface area (Å²) in [5.41, 5.74) is -1.31. The Morgan fingerprint density at radius 2 is 2.00 bits per heavy atom. The van der Waals surface area contributed by atoms with Gasteiger partial charge in [-0.05, 0) is 17.7 Å². The van der Waals surface area contributed by atoms with Crippen LogP contribution in [0.25, 0.3) is 0 Å². The number of benzene rings is 1. The Morgan fingerprint density at radius 3 is 2.52 bits per heavy atom. The van der Waals surface area contributed by atoms with Crippen molar-refractivity contribution in [1.29, 1.82) is 0 Å². The summed E-state index contributed by atoms with van der Waals surface area (Å²) in [5.74, 6) is -0.352. The van der Waals surface area contributed by atoms with E-state index in [-0.39, 0.29) is 25.5 Å². The standard InChI is InChI=1S/C14H16F3NO3/c15-14(16,17)11-3-1-10(2-4-11)7-12(19)18-8-13(20)5-6-21-9-13/h1-4,20H,5-9H2,(H,18,19). The lowest BCUT2D eigenvalue weighted by atomic mass is 10.0. The molecule has 0 aliphatic carbocycles. The Morgan fingerprint density at radius 1 is 1.33 bits per heavy atom. The highest BCUT2D eigenvalue weighted by Crippen LogP contribution is 2.29. The topological polar surface area (TPSA) is 58.6 Å². The van der Waals surface area contributed by atoms with E-state index in [1.807, 2.05) is 0 Å². The molecule has 1 unspecified atom stereocenters. The third kappa shape index (κ3) is 4.44. The van der Waals surface area contributed by atoms with Crippen LogP contribution in [0, 0.1) is 0 Å². The molecule has 1 aliphatic heterocycles. The Balaban J connectivity index is 1.85. The molecule has 0 radical (unpaired) electrons. The van der Waals surface area contributed by atoms with E-state index in [1.54, 1.807) is 0 Å². The smallest absolute Gasteiger partial charge is 0.386 e. The van der Waals surface area contributed by atoms with Gasteiger partial charge in [-0.3, -0.25) is 4.79 Å². The number of alkyl halides is 3. The van der Waals surface area contributed by atoms with Crippen LogP contribution in [0.1, 0.15) is 17.5 Å². The van der Waals surface area contributed by atoms with Crippen LogP contribution in [0.5, 0.6) is 0 Å². The number of halogens is 3. The molecular formula is C14H16F3NO3. The maximum absolute atomic E-state index is 12.4. The molecule has 1 aromatic carbocycles. The van der Waals surface area contributed by atoms with Gasteiger partial charge in [-0.2, -0.15) is 13.2 Å². The van der Waals surface area contributed by atoms with Crippen LogP contribution in [0.3, 0.4) is 0 Å². The summed E-state index contributed by atoms with van der Waals surface area (Å²) in [4.78, 5) is 11.7. The van der Waals surface area contributed by atoms with Crippen molar-refractivity contribution in [2.45, 2.75) is 24.6 Å². The van der Waals surface area contributed by atoms with E-state index in [0.29, 0.717) is 18.6 Å². The minimum Gasteiger partial charge on any atom is -0.386 e. The van der Waals surface area contributed by atoms with Crippen molar-refractivity contribution >= 4 is 5.91 Å². The number of amides is 1. The van der Waals surface area contributed by atoms with Gasteiger partial charge < -0.3 is 15.2 Å². The van der Waals surface area contributed by atoms with E-state index < -0.39 is 17.3 Å². The fraction of sp³-hybridized carbons (Fsp3) is 0.500. The summed E-state index contributed by atoms with van der Waals surface area (Å²) in [6.07, 6.45) is -3.96. The molecule has 2 N–H and O–H groups in total. The first-order valence-corrected chi connectivity index (χ1v) is 6.51. The average molecular weight is 303 g/mol. The van der Waals surface area contributed by atoms with Gasteiger partial charge in [-0.25, -0.2) is 0 Å². The second-order valence-electron chi connectivity index (χ2n) is 5.18. The van der Waals surface area contributed by atoms with Gasteiger partial charge in [0.2, 0.25) is 5.91 Å².